The quantitative estimate of drug-likeness (QED) is 0.446. The molecule has 0 radical (unpaired) electrons. The van der Waals surface area contributed by atoms with E-state index in [9.17, 15) is 14.0 Å². The molecule has 0 fully saturated rings. The Bertz CT molecular complexity index is 1090. The van der Waals surface area contributed by atoms with Crippen LogP contribution in [-0.2, 0) is 9.47 Å². The first-order valence-corrected chi connectivity index (χ1v) is 9.05. The molecular weight excluding hydrogens is 395 g/mol. The molecule has 0 saturated heterocycles. The first kappa shape index (κ1) is 21.1. The smallest absolute Gasteiger partial charge is 0.340 e. The first-order chi connectivity index (χ1) is 14.3. The maximum Gasteiger partial charge on any atom is 0.340 e. The lowest BCUT2D eigenvalue weighted by Crippen LogP contribution is -2.15. The molecule has 0 bridgehead atoms. The zero-order valence-electron chi connectivity index (χ0n) is 16.9. The van der Waals surface area contributed by atoms with Crippen molar-refractivity contribution in [1.29, 1.82) is 0 Å². The molecule has 0 unspecified atom stereocenters. The molecule has 3 aromatic rings. The number of anilines is 1. The van der Waals surface area contributed by atoms with Crippen molar-refractivity contribution in [3.63, 3.8) is 0 Å². The van der Waals surface area contributed by atoms with Crippen LogP contribution in [0.25, 0.3) is 5.69 Å². The second-order valence-corrected chi connectivity index (χ2v) is 6.51. The van der Waals surface area contributed by atoms with E-state index in [-0.39, 0.29) is 24.6 Å². The highest BCUT2D eigenvalue weighted by Crippen LogP contribution is 2.22. The number of carbonyl (C=O) groups excluding carboxylic acids is 2. The molecule has 2 N–H and O–H groups in total. The molecular formula is C19H21FN6O4. The summed E-state index contributed by atoms with van der Waals surface area (Å²) < 4.78 is 25.4. The molecule has 2 heterocycles. The van der Waals surface area contributed by atoms with Gasteiger partial charge in [-0.2, -0.15) is 4.68 Å². The van der Waals surface area contributed by atoms with Crippen molar-refractivity contribution in [3.05, 3.63) is 52.4 Å². The molecule has 30 heavy (non-hydrogen) atoms. The van der Waals surface area contributed by atoms with Crippen molar-refractivity contribution in [2.45, 2.75) is 20.8 Å². The molecule has 1 aromatic carbocycles. The van der Waals surface area contributed by atoms with Crippen LogP contribution in [0.1, 0.15) is 37.9 Å². The molecule has 0 aliphatic carbocycles. The van der Waals surface area contributed by atoms with Crippen LogP contribution >= 0.6 is 0 Å². The predicted molar refractivity (Wildman–Crippen MR) is 104 cm³/mol. The van der Waals surface area contributed by atoms with E-state index in [1.54, 1.807) is 20.8 Å². The third-order valence-corrected chi connectivity index (χ3v) is 4.45. The number of halogens is 1. The van der Waals surface area contributed by atoms with Gasteiger partial charge >= 0.3 is 5.97 Å². The Balaban J connectivity index is 1.83. The van der Waals surface area contributed by atoms with Crippen LogP contribution in [0.2, 0.25) is 0 Å². The van der Waals surface area contributed by atoms with E-state index >= 15 is 0 Å². The minimum absolute atomic E-state index is 0.0945. The molecule has 0 spiro atoms. The van der Waals surface area contributed by atoms with Crippen molar-refractivity contribution in [1.82, 2.24) is 25.2 Å². The topological polar surface area (TPSA) is 124 Å². The fourth-order valence-electron chi connectivity index (χ4n) is 2.97. The van der Waals surface area contributed by atoms with Gasteiger partial charge in [-0.15, -0.1) is 5.10 Å². The second kappa shape index (κ2) is 8.82. The summed E-state index contributed by atoms with van der Waals surface area (Å²) in [5.41, 5.74) is 1.88. The molecule has 0 aliphatic rings. The van der Waals surface area contributed by atoms with Crippen LogP contribution in [0.15, 0.2) is 18.2 Å². The van der Waals surface area contributed by atoms with E-state index in [1.807, 2.05) is 0 Å². The van der Waals surface area contributed by atoms with Crippen molar-refractivity contribution < 1.29 is 23.5 Å². The fraction of sp³-hybridized carbons (Fsp3) is 0.316. The van der Waals surface area contributed by atoms with Gasteiger partial charge in [0.1, 0.15) is 23.8 Å². The number of benzene rings is 1. The fourth-order valence-corrected chi connectivity index (χ4v) is 2.97. The first-order valence-electron chi connectivity index (χ1n) is 9.05. The van der Waals surface area contributed by atoms with Crippen LogP contribution in [-0.4, -0.2) is 57.4 Å². The second-order valence-electron chi connectivity index (χ2n) is 6.51. The van der Waals surface area contributed by atoms with E-state index in [4.69, 9.17) is 9.47 Å². The Morgan fingerprint density at radius 3 is 2.67 bits per heavy atom. The highest BCUT2D eigenvalue weighted by Gasteiger charge is 2.23. The minimum Gasteiger partial charge on any atom is -0.460 e. The van der Waals surface area contributed by atoms with Crippen LogP contribution < -0.4 is 5.32 Å². The molecule has 3 rings (SSSR count). The number of methoxy groups -OCH3 is 1. The Labute approximate surface area is 171 Å². The SMILES string of the molecule is COCCOC(=O)c1c(C)[nH]c(C(=O)Nc2ccc(F)c(-n3nnnc3C)c2)c1C. The standard InChI is InChI=1S/C19H21FN6O4/c1-10-16(19(28)30-8-7-29-4)11(2)21-17(10)18(27)22-13-5-6-14(20)15(9-13)26-12(3)23-24-25-26/h5-6,9,21H,7-8H2,1-4H3,(H,22,27). The monoisotopic (exact) mass is 416 g/mol. The van der Waals surface area contributed by atoms with Crippen LogP contribution in [0.3, 0.4) is 0 Å². The Morgan fingerprint density at radius 1 is 1.23 bits per heavy atom. The Hall–Kier alpha value is -3.60. The highest BCUT2D eigenvalue weighted by atomic mass is 19.1. The average Bonchev–Trinajstić information content (AvgIpc) is 3.26. The largest absolute Gasteiger partial charge is 0.460 e. The third-order valence-electron chi connectivity index (χ3n) is 4.45. The number of aryl methyl sites for hydroxylation is 2. The van der Waals surface area contributed by atoms with Crippen LogP contribution in [0, 0.1) is 26.6 Å². The van der Waals surface area contributed by atoms with Gasteiger partial charge in [0.05, 0.1) is 12.2 Å². The summed E-state index contributed by atoms with van der Waals surface area (Å²) >= 11 is 0. The number of nitrogens with one attached hydrogen (secondary N) is 2. The number of hydrogen-bond donors (Lipinski definition) is 2. The summed E-state index contributed by atoms with van der Waals surface area (Å²) in [5, 5.41) is 13.7. The molecule has 0 saturated carbocycles. The number of amides is 1. The summed E-state index contributed by atoms with van der Waals surface area (Å²) in [4.78, 5) is 28.0. The van der Waals surface area contributed by atoms with E-state index in [0.717, 1.165) is 0 Å². The van der Waals surface area contributed by atoms with Crippen molar-refractivity contribution in [2.75, 3.05) is 25.6 Å². The Kier molecular flexibility index (Phi) is 6.21. The van der Waals surface area contributed by atoms with Gasteiger partial charge in [-0.05, 0) is 55.0 Å². The van der Waals surface area contributed by atoms with E-state index in [2.05, 4.69) is 25.8 Å². The van der Waals surface area contributed by atoms with Gasteiger partial charge in [0, 0.05) is 18.5 Å². The number of aromatic amines is 1. The number of H-pyrrole nitrogens is 1. The van der Waals surface area contributed by atoms with E-state index in [0.29, 0.717) is 28.3 Å². The highest BCUT2D eigenvalue weighted by molar-refractivity contribution is 6.06. The lowest BCUT2D eigenvalue weighted by Gasteiger charge is -2.09. The van der Waals surface area contributed by atoms with Gasteiger partial charge in [0.25, 0.3) is 5.91 Å². The average molecular weight is 416 g/mol. The number of carbonyl (C=O) groups is 2. The molecule has 2 aromatic heterocycles. The predicted octanol–water partition coefficient (Wildman–Crippen LogP) is 2.11. The summed E-state index contributed by atoms with van der Waals surface area (Å²) in [6, 6.07) is 4.04. The van der Waals surface area contributed by atoms with Gasteiger partial charge < -0.3 is 19.8 Å². The summed E-state index contributed by atoms with van der Waals surface area (Å²) in [5.74, 6) is -1.19. The lowest BCUT2D eigenvalue weighted by atomic mass is 10.1. The molecule has 1 amide bonds. The molecule has 10 nitrogen and oxygen atoms in total. The normalized spacial score (nSPS) is 10.8. The maximum atomic E-state index is 14.2. The number of esters is 1. The van der Waals surface area contributed by atoms with Crippen molar-refractivity contribution >= 4 is 17.6 Å². The number of tetrazole rings is 1. The van der Waals surface area contributed by atoms with Gasteiger partial charge in [-0.25, -0.2) is 9.18 Å². The lowest BCUT2D eigenvalue weighted by molar-refractivity contribution is 0.0387. The van der Waals surface area contributed by atoms with E-state index in [1.165, 1.54) is 30.0 Å². The minimum atomic E-state index is -0.546. The molecule has 11 heteroatoms. The third kappa shape index (κ3) is 4.20. The maximum absolute atomic E-state index is 14.2. The van der Waals surface area contributed by atoms with Crippen LogP contribution in [0.4, 0.5) is 10.1 Å². The van der Waals surface area contributed by atoms with E-state index < -0.39 is 17.7 Å². The molecule has 0 aliphatic heterocycles. The number of ether oxygens (including phenoxy) is 2. The van der Waals surface area contributed by atoms with Gasteiger partial charge in [0.15, 0.2) is 5.82 Å². The van der Waals surface area contributed by atoms with Crippen molar-refractivity contribution in [2.24, 2.45) is 0 Å². The number of aromatic nitrogens is 5. The zero-order chi connectivity index (χ0) is 21.8. The number of rotatable bonds is 7. The number of nitrogens with zero attached hydrogens (tertiary/aromatic N) is 4. The number of hydrogen-bond acceptors (Lipinski definition) is 7. The van der Waals surface area contributed by atoms with Crippen molar-refractivity contribution in [3.8, 4) is 5.69 Å². The molecule has 0 atom stereocenters. The van der Waals surface area contributed by atoms with Gasteiger partial charge in [-0.3, -0.25) is 4.79 Å². The van der Waals surface area contributed by atoms with Gasteiger partial charge in [-0.1, -0.05) is 0 Å². The van der Waals surface area contributed by atoms with Gasteiger partial charge in [0.2, 0.25) is 0 Å². The zero-order valence-corrected chi connectivity index (χ0v) is 16.9. The summed E-state index contributed by atoms with van der Waals surface area (Å²) in [6.07, 6.45) is 0. The molecule has 158 valence electrons. The Morgan fingerprint density at radius 2 is 2.00 bits per heavy atom. The van der Waals surface area contributed by atoms with Crippen LogP contribution in [0.5, 0.6) is 0 Å². The summed E-state index contributed by atoms with van der Waals surface area (Å²) in [7, 11) is 1.50. The summed E-state index contributed by atoms with van der Waals surface area (Å²) in [6.45, 7) is 5.33.